The van der Waals surface area contributed by atoms with Gasteiger partial charge in [0.15, 0.2) is 6.61 Å². The summed E-state index contributed by atoms with van der Waals surface area (Å²) in [6, 6.07) is 15.0. The van der Waals surface area contributed by atoms with Crippen LogP contribution in [-0.4, -0.2) is 22.3 Å². The Morgan fingerprint density at radius 1 is 1.08 bits per heavy atom. The summed E-state index contributed by atoms with van der Waals surface area (Å²) < 4.78 is 7.31. The largest absolute Gasteiger partial charge is 0.484 e. The number of benzene rings is 2. The van der Waals surface area contributed by atoms with Gasteiger partial charge in [0, 0.05) is 5.02 Å². The first-order chi connectivity index (χ1) is 12.4. The SMILES string of the molecule is Cc1ccc(-n2nc(C)c(NC(=O)COc3ccc(Cl)cc3)c2C)cc1. The lowest BCUT2D eigenvalue weighted by Crippen LogP contribution is -2.20. The summed E-state index contributed by atoms with van der Waals surface area (Å²) in [7, 11) is 0. The zero-order valence-corrected chi connectivity index (χ0v) is 15.7. The van der Waals surface area contributed by atoms with E-state index in [0.717, 1.165) is 17.1 Å². The second-order valence-electron chi connectivity index (χ2n) is 6.08. The summed E-state index contributed by atoms with van der Waals surface area (Å²) in [5, 5.41) is 8.05. The fraction of sp³-hybridized carbons (Fsp3) is 0.200. The van der Waals surface area contributed by atoms with E-state index in [1.54, 1.807) is 24.3 Å². The minimum absolute atomic E-state index is 0.0871. The molecule has 1 aromatic heterocycles. The highest BCUT2D eigenvalue weighted by atomic mass is 35.5. The third-order valence-corrected chi connectivity index (χ3v) is 4.27. The lowest BCUT2D eigenvalue weighted by molar-refractivity contribution is -0.118. The van der Waals surface area contributed by atoms with Gasteiger partial charge in [0.2, 0.25) is 0 Å². The zero-order chi connectivity index (χ0) is 18.7. The number of nitrogens with one attached hydrogen (secondary N) is 1. The second kappa shape index (κ2) is 7.62. The minimum atomic E-state index is -0.241. The number of aryl methyl sites for hydroxylation is 2. The number of rotatable bonds is 5. The Balaban J connectivity index is 1.70. The quantitative estimate of drug-likeness (QED) is 0.722. The third-order valence-electron chi connectivity index (χ3n) is 4.02. The molecule has 1 amide bonds. The van der Waals surface area contributed by atoms with Crippen molar-refractivity contribution in [3.63, 3.8) is 0 Å². The van der Waals surface area contributed by atoms with Crippen molar-refractivity contribution < 1.29 is 9.53 Å². The number of carbonyl (C=O) groups excluding carboxylic acids is 1. The van der Waals surface area contributed by atoms with Gasteiger partial charge in [-0.3, -0.25) is 4.79 Å². The van der Waals surface area contributed by atoms with Crippen LogP contribution in [0.15, 0.2) is 48.5 Å². The number of nitrogens with zero attached hydrogens (tertiary/aromatic N) is 2. The molecule has 5 nitrogen and oxygen atoms in total. The van der Waals surface area contributed by atoms with Crippen LogP contribution in [0.5, 0.6) is 5.75 Å². The van der Waals surface area contributed by atoms with Crippen LogP contribution in [-0.2, 0) is 4.79 Å². The molecule has 2 aromatic carbocycles. The number of amides is 1. The lowest BCUT2D eigenvalue weighted by Gasteiger charge is -2.09. The molecule has 0 radical (unpaired) electrons. The smallest absolute Gasteiger partial charge is 0.262 e. The number of ether oxygens (including phenoxy) is 1. The minimum Gasteiger partial charge on any atom is -0.484 e. The van der Waals surface area contributed by atoms with Crippen molar-refractivity contribution >= 4 is 23.2 Å². The first-order valence-corrected chi connectivity index (χ1v) is 8.63. The molecule has 1 N–H and O–H groups in total. The van der Waals surface area contributed by atoms with Crippen molar-refractivity contribution in [3.8, 4) is 11.4 Å². The van der Waals surface area contributed by atoms with Gasteiger partial charge in [-0.1, -0.05) is 29.3 Å². The van der Waals surface area contributed by atoms with E-state index in [-0.39, 0.29) is 12.5 Å². The first kappa shape index (κ1) is 18.0. The summed E-state index contributed by atoms with van der Waals surface area (Å²) in [5.41, 5.74) is 4.46. The van der Waals surface area contributed by atoms with Crippen molar-refractivity contribution in [2.75, 3.05) is 11.9 Å². The van der Waals surface area contributed by atoms with Crippen molar-refractivity contribution in [3.05, 3.63) is 70.5 Å². The molecule has 26 heavy (non-hydrogen) atoms. The monoisotopic (exact) mass is 369 g/mol. The molecule has 0 aliphatic rings. The summed E-state index contributed by atoms with van der Waals surface area (Å²) >= 11 is 5.83. The van der Waals surface area contributed by atoms with E-state index in [9.17, 15) is 4.79 Å². The van der Waals surface area contributed by atoms with Crippen LogP contribution < -0.4 is 10.1 Å². The molecule has 6 heteroatoms. The number of hydrogen-bond acceptors (Lipinski definition) is 3. The maximum Gasteiger partial charge on any atom is 0.262 e. The molecule has 0 atom stereocenters. The maximum atomic E-state index is 12.2. The number of aromatic nitrogens is 2. The Morgan fingerprint density at radius 2 is 1.73 bits per heavy atom. The molecule has 0 bridgehead atoms. The van der Waals surface area contributed by atoms with Crippen molar-refractivity contribution in [2.45, 2.75) is 20.8 Å². The molecule has 0 fully saturated rings. The summed E-state index contributed by atoms with van der Waals surface area (Å²) in [5.74, 6) is 0.350. The van der Waals surface area contributed by atoms with Crippen LogP contribution >= 0.6 is 11.6 Å². The Morgan fingerprint density at radius 3 is 2.38 bits per heavy atom. The summed E-state index contributed by atoms with van der Waals surface area (Å²) in [6.07, 6.45) is 0. The fourth-order valence-electron chi connectivity index (χ4n) is 2.62. The molecule has 0 unspecified atom stereocenters. The molecule has 0 saturated heterocycles. The molecular weight excluding hydrogens is 350 g/mol. The van der Waals surface area contributed by atoms with E-state index in [4.69, 9.17) is 16.3 Å². The van der Waals surface area contributed by atoms with Gasteiger partial charge in [0.05, 0.1) is 22.8 Å². The molecule has 3 rings (SSSR count). The number of halogens is 1. The highest BCUT2D eigenvalue weighted by Crippen LogP contribution is 2.23. The van der Waals surface area contributed by atoms with Crippen LogP contribution in [0.1, 0.15) is 17.0 Å². The van der Waals surface area contributed by atoms with Gasteiger partial charge in [0.25, 0.3) is 5.91 Å². The van der Waals surface area contributed by atoms with E-state index < -0.39 is 0 Å². The highest BCUT2D eigenvalue weighted by molar-refractivity contribution is 6.30. The second-order valence-corrected chi connectivity index (χ2v) is 6.52. The summed E-state index contributed by atoms with van der Waals surface area (Å²) in [6.45, 7) is 5.75. The molecule has 0 aliphatic carbocycles. The van der Waals surface area contributed by atoms with Gasteiger partial charge < -0.3 is 10.1 Å². The third kappa shape index (κ3) is 4.06. The van der Waals surface area contributed by atoms with E-state index in [2.05, 4.69) is 10.4 Å². The lowest BCUT2D eigenvalue weighted by atomic mass is 10.2. The van der Waals surface area contributed by atoms with Gasteiger partial charge in [-0.15, -0.1) is 0 Å². The molecule has 3 aromatic rings. The molecular formula is C20H20ClN3O2. The highest BCUT2D eigenvalue weighted by Gasteiger charge is 2.15. The van der Waals surface area contributed by atoms with Crippen molar-refractivity contribution in [1.82, 2.24) is 9.78 Å². The number of carbonyl (C=O) groups is 1. The van der Waals surface area contributed by atoms with Gasteiger partial charge in [-0.05, 0) is 57.2 Å². The Bertz CT molecular complexity index is 915. The zero-order valence-electron chi connectivity index (χ0n) is 14.9. The fourth-order valence-corrected chi connectivity index (χ4v) is 2.74. The maximum absolute atomic E-state index is 12.2. The van der Waals surface area contributed by atoms with Crippen LogP contribution in [0, 0.1) is 20.8 Å². The van der Waals surface area contributed by atoms with Crippen LogP contribution in [0.4, 0.5) is 5.69 Å². The standard InChI is InChI=1S/C20H20ClN3O2/c1-13-4-8-17(9-5-13)24-15(3)20(14(2)23-24)22-19(25)12-26-18-10-6-16(21)7-11-18/h4-11H,12H2,1-3H3,(H,22,25). The normalized spacial score (nSPS) is 10.6. The van der Waals surface area contributed by atoms with Crippen molar-refractivity contribution in [1.29, 1.82) is 0 Å². The van der Waals surface area contributed by atoms with E-state index >= 15 is 0 Å². The predicted octanol–water partition coefficient (Wildman–Crippen LogP) is 4.47. The van der Waals surface area contributed by atoms with Crippen LogP contribution in [0.25, 0.3) is 5.69 Å². The first-order valence-electron chi connectivity index (χ1n) is 8.25. The molecule has 1 heterocycles. The predicted molar refractivity (Wildman–Crippen MR) is 103 cm³/mol. The number of hydrogen-bond donors (Lipinski definition) is 1. The van der Waals surface area contributed by atoms with Gasteiger partial charge in [-0.25, -0.2) is 4.68 Å². The van der Waals surface area contributed by atoms with Gasteiger partial charge in [-0.2, -0.15) is 5.10 Å². The average molecular weight is 370 g/mol. The topological polar surface area (TPSA) is 56.2 Å². The Labute approximate surface area is 157 Å². The van der Waals surface area contributed by atoms with E-state index in [1.807, 2.05) is 49.7 Å². The van der Waals surface area contributed by atoms with Crippen molar-refractivity contribution in [2.24, 2.45) is 0 Å². The average Bonchev–Trinajstić information content (AvgIpc) is 2.90. The Hall–Kier alpha value is -2.79. The van der Waals surface area contributed by atoms with Crippen LogP contribution in [0.3, 0.4) is 0 Å². The van der Waals surface area contributed by atoms with E-state index in [1.165, 1.54) is 5.56 Å². The van der Waals surface area contributed by atoms with E-state index in [0.29, 0.717) is 16.5 Å². The van der Waals surface area contributed by atoms with Gasteiger partial charge >= 0.3 is 0 Å². The molecule has 0 aliphatic heterocycles. The number of anilines is 1. The Kier molecular flexibility index (Phi) is 5.28. The van der Waals surface area contributed by atoms with Gasteiger partial charge in [0.1, 0.15) is 5.75 Å². The summed E-state index contributed by atoms with van der Waals surface area (Å²) in [4.78, 5) is 12.2. The molecule has 0 saturated carbocycles. The van der Waals surface area contributed by atoms with Crippen LogP contribution in [0.2, 0.25) is 5.02 Å². The molecule has 134 valence electrons. The molecule has 0 spiro atoms.